The minimum atomic E-state index is -0.181. The number of hydrogen-bond acceptors (Lipinski definition) is 5. The van der Waals surface area contributed by atoms with Crippen LogP contribution in [-0.4, -0.2) is 49.9 Å². The van der Waals surface area contributed by atoms with Crippen LogP contribution in [0.4, 0.5) is 0 Å². The largest absolute Gasteiger partial charge is 0.348 e. The lowest BCUT2D eigenvalue weighted by molar-refractivity contribution is -0.128. The first-order valence-corrected chi connectivity index (χ1v) is 7.97. The molecule has 0 saturated heterocycles. The van der Waals surface area contributed by atoms with Gasteiger partial charge in [-0.1, -0.05) is 25.6 Å². The van der Waals surface area contributed by atoms with Crippen LogP contribution in [0.25, 0.3) is 11.4 Å². The van der Waals surface area contributed by atoms with E-state index in [1.165, 1.54) is 11.8 Å². The molecule has 7 heteroatoms. The van der Waals surface area contributed by atoms with Crippen molar-refractivity contribution in [2.45, 2.75) is 24.3 Å². The molecule has 2 aromatic rings. The minimum absolute atomic E-state index is 0.0888. The highest BCUT2D eigenvalue weighted by molar-refractivity contribution is 8.00. The number of aromatic nitrogens is 4. The van der Waals surface area contributed by atoms with Gasteiger partial charge in [0.05, 0.1) is 5.25 Å². The van der Waals surface area contributed by atoms with E-state index in [1.807, 2.05) is 37.6 Å². The third kappa shape index (κ3) is 3.47. The van der Waals surface area contributed by atoms with E-state index in [-0.39, 0.29) is 17.1 Å². The summed E-state index contributed by atoms with van der Waals surface area (Å²) in [7, 11) is 5.45. The van der Waals surface area contributed by atoms with Crippen molar-refractivity contribution in [1.82, 2.24) is 24.6 Å². The first-order valence-electron chi connectivity index (χ1n) is 7.09. The molecular weight excluding hydrogens is 298 g/mol. The molecule has 0 aromatic carbocycles. The van der Waals surface area contributed by atoms with Crippen LogP contribution >= 0.6 is 11.8 Å². The van der Waals surface area contributed by atoms with Crippen molar-refractivity contribution in [3.63, 3.8) is 0 Å². The van der Waals surface area contributed by atoms with Gasteiger partial charge in [0.15, 0.2) is 11.0 Å². The molecule has 0 spiro atoms. The minimum Gasteiger partial charge on any atom is -0.348 e. The Kier molecular flexibility index (Phi) is 5.18. The monoisotopic (exact) mass is 319 g/mol. The third-order valence-electron chi connectivity index (χ3n) is 3.28. The zero-order chi connectivity index (χ0) is 16.3. The number of amides is 1. The summed E-state index contributed by atoms with van der Waals surface area (Å²) in [6.07, 6.45) is 3.48. The first-order chi connectivity index (χ1) is 10.4. The predicted molar refractivity (Wildman–Crippen MR) is 87.4 cm³/mol. The van der Waals surface area contributed by atoms with Crippen molar-refractivity contribution in [3.05, 3.63) is 24.5 Å². The van der Waals surface area contributed by atoms with Crippen molar-refractivity contribution in [1.29, 1.82) is 0 Å². The van der Waals surface area contributed by atoms with Gasteiger partial charge in [-0.15, -0.1) is 10.2 Å². The fourth-order valence-corrected chi connectivity index (χ4v) is 3.15. The number of carbonyl (C=O) groups is 1. The van der Waals surface area contributed by atoms with E-state index in [0.717, 1.165) is 16.5 Å². The molecule has 0 N–H and O–H groups in total. The first kappa shape index (κ1) is 16.5. The molecule has 0 fully saturated rings. The van der Waals surface area contributed by atoms with Gasteiger partial charge in [-0.25, -0.2) is 0 Å². The number of nitrogens with zero attached hydrogens (tertiary/aromatic N) is 5. The summed E-state index contributed by atoms with van der Waals surface area (Å²) in [5.74, 6) is 1.04. The maximum absolute atomic E-state index is 12.3. The van der Waals surface area contributed by atoms with E-state index in [1.54, 1.807) is 31.4 Å². The molecule has 2 aromatic heterocycles. The molecule has 2 rings (SSSR count). The second kappa shape index (κ2) is 6.91. The van der Waals surface area contributed by atoms with Crippen LogP contribution in [-0.2, 0) is 11.8 Å². The van der Waals surface area contributed by atoms with Crippen molar-refractivity contribution in [2.24, 2.45) is 13.0 Å². The fraction of sp³-hybridized carbons (Fsp3) is 0.467. The molecule has 0 saturated carbocycles. The average Bonchev–Trinajstić information content (AvgIpc) is 2.85. The molecule has 0 aliphatic heterocycles. The number of hydrogen-bond donors (Lipinski definition) is 0. The summed E-state index contributed by atoms with van der Waals surface area (Å²) >= 11 is 1.45. The Morgan fingerprint density at radius 3 is 2.59 bits per heavy atom. The molecule has 6 nitrogen and oxygen atoms in total. The smallest absolute Gasteiger partial charge is 0.235 e. The Labute approximate surface area is 134 Å². The van der Waals surface area contributed by atoms with Gasteiger partial charge in [-0.05, 0) is 18.1 Å². The van der Waals surface area contributed by atoms with Crippen LogP contribution in [0.5, 0.6) is 0 Å². The summed E-state index contributed by atoms with van der Waals surface area (Å²) in [4.78, 5) is 18.0. The molecule has 0 radical (unpaired) electrons. The Bertz CT molecular complexity index is 639. The summed E-state index contributed by atoms with van der Waals surface area (Å²) in [6, 6.07) is 3.81. The van der Waals surface area contributed by atoms with E-state index >= 15 is 0 Å². The van der Waals surface area contributed by atoms with E-state index in [2.05, 4.69) is 15.2 Å². The molecule has 0 bridgehead atoms. The van der Waals surface area contributed by atoms with Gasteiger partial charge in [-0.2, -0.15) is 0 Å². The summed E-state index contributed by atoms with van der Waals surface area (Å²) in [6.45, 7) is 4.08. The molecule has 0 unspecified atom stereocenters. The SMILES string of the molecule is CC(C)[C@@H](Sc1nnc(-c2cccnc2)n1C)C(=O)N(C)C. The maximum Gasteiger partial charge on any atom is 0.235 e. The Morgan fingerprint density at radius 1 is 1.32 bits per heavy atom. The maximum atomic E-state index is 12.3. The van der Waals surface area contributed by atoms with Crippen molar-refractivity contribution in [2.75, 3.05) is 14.1 Å². The predicted octanol–water partition coefficient (Wildman–Crippen LogP) is 2.08. The van der Waals surface area contributed by atoms with Gasteiger partial charge in [0.25, 0.3) is 0 Å². The summed E-state index contributed by atoms with van der Waals surface area (Å²) in [5, 5.41) is 9.01. The molecule has 22 heavy (non-hydrogen) atoms. The Hall–Kier alpha value is -1.89. The van der Waals surface area contributed by atoms with Gasteiger partial charge < -0.3 is 9.47 Å². The topological polar surface area (TPSA) is 63.9 Å². The highest BCUT2D eigenvalue weighted by Crippen LogP contribution is 2.29. The van der Waals surface area contributed by atoms with Crippen LogP contribution in [0.2, 0.25) is 0 Å². The van der Waals surface area contributed by atoms with Crippen LogP contribution in [0.3, 0.4) is 0 Å². The van der Waals surface area contributed by atoms with E-state index < -0.39 is 0 Å². The zero-order valence-corrected chi connectivity index (χ0v) is 14.3. The van der Waals surface area contributed by atoms with Gasteiger partial charge >= 0.3 is 0 Å². The molecule has 118 valence electrons. The second-order valence-electron chi connectivity index (χ2n) is 5.62. The van der Waals surface area contributed by atoms with Crippen LogP contribution < -0.4 is 0 Å². The number of pyridine rings is 1. The normalized spacial score (nSPS) is 12.5. The van der Waals surface area contributed by atoms with Gasteiger partial charge in [-0.3, -0.25) is 9.78 Å². The van der Waals surface area contributed by atoms with Crippen molar-refractivity contribution in [3.8, 4) is 11.4 Å². The third-order valence-corrected chi connectivity index (χ3v) is 4.84. The van der Waals surface area contributed by atoms with Crippen LogP contribution in [0.15, 0.2) is 29.7 Å². The van der Waals surface area contributed by atoms with Gasteiger partial charge in [0.2, 0.25) is 5.91 Å². The average molecular weight is 319 g/mol. The van der Waals surface area contributed by atoms with Crippen LogP contribution in [0, 0.1) is 5.92 Å². The van der Waals surface area contributed by atoms with E-state index in [9.17, 15) is 4.79 Å². The van der Waals surface area contributed by atoms with Gasteiger partial charge in [0, 0.05) is 39.1 Å². The molecule has 1 atom stereocenters. The highest BCUT2D eigenvalue weighted by Gasteiger charge is 2.27. The lowest BCUT2D eigenvalue weighted by Crippen LogP contribution is -2.35. The second-order valence-corrected chi connectivity index (χ2v) is 6.73. The lowest BCUT2D eigenvalue weighted by atomic mass is 10.1. The number of thioether (sulfide) groups is 1. The molecule has 1 amide bonds. The number of carbonyl (C=O) groups excluding carboxylic acids is 1. The van der Waals surface area contributed by atoms with Crippen LogP contribution in [0.1, 0.15) is 13.8 Å². The van der Waals surface area contributed by atoms with E-state index in [0.29, 0.717) is 0 Å². The molecule has 0 aliphatic carbocycles. The molecular formula is C15H21N5OS. The standard InChI is InChI=1S/C15H21N5OS/c1-10(2)12(14(21)19(3)4)22-15-18-17-13(20(15)5)11-7-6-8-16-9-11/h6-10,12H,1-5H3/t12-/m1/s1. The fourth-order valence-electron chi connectivity index (χ4n) is 2.00. The van der Waals surface area contributed by atoms with Crippen molar-refractivity contribution >= 4 is 17.7 Å². The Morgan fingerprint density at radius 2 is 2.05 bits per heavy atom. The number of rotatable bonds is 5. The van der Waals surface area contributed by atoms with Crippen molar-refractivity contribution < 1.29 is 4.79 Å². The summed E-state index contributed by atoms with van der Waals surface area (Å²) in [5.41, 5.74) is 0.907. The molecule has 2 heterocycles. The highest BCUT2D eigenvalue weighted by atomic mass is 32.2. The lowest BCUT2D eigenvalue weighted by Gasteiger charge is -2.22. The van der Waals surface area contributed by atoms with E-state index in [4.69, 9.17) is 0 Å². The van der Waals surface area contributed by atoms with Gasteiger partial charge in [0.1, 0.15) is 0 Å². The zero-order valence-electron chi connectivity index (χ0n) is 13.5. The molecule has 0 aliphatic rings. The quantitative estimate of drug-likeness (QED) is 0.790. The Balaban J connectivity index is 2.27. The summed E-state index contributed by atoms with van der Waals surface area (Å²) < 4.78 is 1.90.